The SMILES string of the molecule is COc1cc(/C=C(\C#N)C(=O)Nc2ccccc2)ccc1OC(=O)c1ccc(Cl)cc1. The normalized spacial score (nSPS) is 10.7. The van der Waals surface area contributed by atoms with E-state index in [9.17, 15) is 14.9 Å². The largest absolute Gasteiger partial charge is 0.493 e. The van der Waals surface area contributed by atoms with Gasteiger partial charge in [-0.1, -0.05) is 35.9 Å². The van der Waals surface area contributed by atoms with Crippen molar-refractivity contribution in [2.45, 2.75) is 0 Å². The van der Waals surface area contributed by atoms with Gasteiger partial charge in [-0.05, 0) is 60.2 Å². The Hall–Kier alpha value is -4.08. The van der Waals surface area contributed by atoms with Crippen molar-refractivity contribution in [1.29, 1.82) is 5.26 Å². The summed E-state index contributed by atoms with van der Waals surface area (Å²) in [4.78, 5) is 24.7. The molecule has 0 aliphatic carbocycles. The summed E-state index contributed by atoms with van der Waals surface area (Å²) in [6.07, 6.45) is 1.42. The molecule has 0 bridgehead atoms. The molecular formula is C24H17ClN2O4. The van der Waals surface area contributed by atoms with Crippen molar-refractivity contribution in [3.8, 4) is 17.6 Å². The van der Waals surface area contributed by atoms with E-state index in [1.165, 1.54) is 19.3 Å². The summed E-state index contributed by atoms with van der Waals surface area (Å²) in [6, 6.07) is 21.7. The number of benzene rings is 3. The number of nitriles is 1. The van der Waals surface area contributed by atoms with Crippen LogP contribution in [0.1, 0.15) is 15.9 Å². The molecule has 154 valence electrons. The van der Waals surface area contributed by atoms with Gasteiger partial charge in [0.15, 0.2) is 11.5 Å². The highest BCUT2D eigenvalue weighted by Crippen LogP contribution is 2.30. The molecule has 3 aromatic carbocycles. The van der Waals surface area contributed by atoms with E-state index in [0.29, 0.717) is 21.8 Å². The van der Waals surface area contributed by atoms with E-state index >= 15 is 0 Å². The number of nitrogens with one attached hydrogen (secondary N) is 1. The highest BCUT2D eigenvalue weighted by Gasteiger charge is 2.14. The number of anilines is 1. The van der Waals surface area contributed by atoms with Gasteiger partial charge < -0.3 is 14.8 Å². The first kappa shape index (κ1) is 21.6. The fourth-order valence-corrected chi connectivity index (χ4v) is 2.76. The van der Waals surface area contributed by atoms with Gasteiger partial charge in [-0.2, -0.15) is 5.26 Å². The first-order valence-electron chi connectivity index (χ1n) is 9.14. The Morgan fingerprint density at radius 3 is 2.35 bits per heavy atom. The number of rotatable bonds is 6. The highest BCUT2D eigenvalue weighted by molar-refractivity contribution is 6.30. The molecule has 0 radical (unpaired) electrons. The van der Waals surface area contributed by atoms with E-state index in [4.69, 9.17) is 21.1 Å². The van der Waals surface area contributed by atoms with Crippen molar-refractivity contribution in [2.75, 3.05) is 12.4 Å². The second kappa shape index (κ2) is 10.1. The quantitative estimate of drug-likeness (QED) is 0.253. The van der Waals surface area contributed by atoms with E-state index in [1.54, 1.807) is 60.7 Å². The van der Waals surface area contributed by atoms with Gasteiger partial charge in [0, 0.05) is 10.7 Å². The molecule has 3 rings (SSSR count). The van der Waals surface area contributed by atoms with E-state index < -0.39 is 11.9 Å². The third kappa shape index (κ3) is 5.72. The van der Waals surface area contributed by atoms with Gasteiger partial charge in [-0.3, -0.25) is 4.79 Å². The van der Waals surface area contributed by atoms with Crippen LogP contribution in [0.2, 0.25) is 5.02 Å². The Labute approximate surface area is 184 Å². The maximum Gasteiger partial charge on any atom is 0.343 e. The molecule has 0 unspecified atom stereocenters. The second-order valence-corrected chi connectivity index (χ2v) is 6.73. The van der Waals surface area contributed by atoms with Crippen LogP contribution in [0, 0.1) is 11.3 Å². The zero-order chi connectivity index (χ0) is 22.2. The first-order valence-corrected chi connectivity index (χ1v) is 9.52. The monoisotopic (exact) mass is 432 g/mol. The van der Waals surface area contributed by atoms with Crippen LogP contribution in [-0.4, -0.2) is 19.0 Å². The molecule has 0 aromatic heterocycles. The lowest BCUT2D eigenvalue weighted by atomic mass is 10.1. The molecule has 0 spiro atoms. The molecule has 31 heavy (non-hydrogen) atoms. The van der Waals surface area contributed by atoms with Crippen LogP contribution in [0.5, 0.6) is 11.5 Å². The predicted molar refractivity (Wildman–Crippen MR) is 118 cm³/mol. The average Bonchev–Trinajstić information content (AvgIpc) is 2.79. The van der Waals surface area contributed by atoms with Crippen molar-refractivity contribution in [1.82, 2.24) is 0 Å². The minimum absolute atomic E-state index is 0.0863. The number of esters is 1. The van der Waals surface area contributed by atoms with Crippen molar-refractivity contribution in [3.63, 3.8) is 0 Å². The number of para-hydroxylation sites is 1. The smallest absolute Gasteiger partial charge is 0.343 e. The summed E-state index contributed by atoms with van der Waals surface area (Å²) in [5, 5.41) is 12.6. The Morgan fingerprint density at radius 1 is 1.00 bits per heavy atom. The average molecular weight is 433 g/mol. The Morgan fingerprint density at radius 2 is 1.71 bits per heavy atom. The number of nitrogens with zero attached hydrogens (tertiary/aromatic N) is 1. The lowest BCUT2D eigenvalue weighted by Crippen LogP contribution is -2.13. The van der Waals surface area contributed by atoms with Gasteiger partial charge in [0.2, 0.25) is 0 Å². The van der Waals surface area contributed by atoms with Gasteiger partial charge in [0.05, 0.1) is 12.7 Å². The minimum atomic E-state index is -0.571. The maximum atomic E-state index is 12.4. The number of hydrogen-bond donors (Lipinski definition) is 1. The fourth-order valence-electron chi connectivity index (χ4n) is 2.64. The molecule has 0 saturated heterocycles. The van der Waals surface area contributed by atoms with Gasteiger partial charge in [-0.15, -0.1) is 0 Å². The standard InChI is InChI=1S/C24H17ClN2O4/c1-30-22-14-16(13-18(15-26)23(28)27-20-5-3-2-4-6-20)7-12-21(22)31-24(29)17-8-10-19(25)11-9-17/h2-14H,1H3,(H,27,28)/b18-13+. The van der Waals surface area contributed by atoms with Crippen LogP contribution >= 0.6 is 11.6 Å². The molecule has 3 aromatic rings. The molecule has 0 atom stereocenters. The summed E-state index contributed by atoms with van der Waals surface area (Å²) in [6.45, 7) is 0. The van der Waals surface area contributed by atoms with Gasteiger partial charge in [0.25, 0.3) is 5.91 Å². The fraction of sp³-hybridized carbons (Fsp3) is 0.0417. The van der Waals surface area contributed by atoms with Gasteiger partial charge in [0.1, 0.15) is 11.6 Å². The van der Waals surface area contributed by atoms with Gasteiger partial charge >= 0.3 is 5.97 Å². The molecule has 0 fully saturated rings. The zero-order valence-corrected chi connectivity index (χ0v) is 17.2. The lowest BCUT2D eigenvalue weighted by Gasteiger charge is -2.10. The Bertz CT molecular complexity index is 1170. The number of carbonyl (C=O) groups is 2. The molecule has 6 nitrogen and oxygen atoms in total. The summed E-state index contributed by atoms with van der Waals surface area (Å²) in [7, 11) is 1.43. The summed E-state index contributed by atoms with van der Waals surface area (Å²) in [5.74, 6) is -0.632. The van der Waals surface area contributed by atoms with Crippen LogP contribution in [0.3, 0.4) is 0 Å². The molecule has 0 aliphatic rings. The number of ether oxygens (including phenoxy) is 2. The molecule has 0 aliphatic heterocycles. The van der Waals surface area contributed by atoms with E-state index in [1.807, 2.05) is 12.1 Å². The zero-order valence-electron chi connectivity index (χ0n) is 16.5. The van der Waals surface area contributed by atoms with Crippen LogP contribution in [0.15, 0.2) is 78.4 Å². The van der Waals surface area contributed by atoms with Crippen molar-refractivity contribution in [2.24, 2.45) is 0 Å². The molecule has 0 saturated carbocycles. The summed E-state index contributed by atoms with van der Waals surface area (Å²) in [5.41, 5.74) is 1.36. The van der Waals surface area contributed by atoms with E-state index in [2.05, 4.69) is 5.32 Å². The van der Waals surface area contributed by atoms with Crippen molar-refractivity contribution < 1.29 is 19.1 Å². The predicted octanol–water partition coefficient (Wildman–Crippen LogP) is 5.11. The number of carbonyl (C=O) groups excluding carboxylic acids is 2. The minimum Gasteiger partial charge on any atom is -0.493 e. The number of halogens is 1. The van der Waals surface area contributed by atoms with E-state index in [0.717, 1.165) is 0 Å². The molecule has 0 heterocycles. The van der Waals surface area contributed by atoms with Gasteiger partial charge in [-0.25, -0.2) is 4.79 Å². The third-order valence-corrected chi connectivity index (χ3v) is 4.43. The van der Waals surface area contributed by atoms with Crippen molar-refractivity contribution >= 4 is 35.2 Å². The lowest BCUT2D eigenvalue weighted by molar-refractivity contribution is -0.112. The highest BCUT2D eigenvalue weighted by atomic mass is 35.5. The Balaban J connectivity index is 1.79. The molecule has 7 heteroatoms. The van der Waals surface area contributed by atoms with Crippen LogP contribution < -0.4 is 14.8 Å². The number of amides is 1. The van der Waals surface area contributed by atoms with Crippen molar-refractivity contribution in [3.05, 3.63) is 94.5 Å². The summed E-state index contributed by atoms with van der Waals surface area (Å²) >= 11 is 5.83. The Kier molecular flexibility index (Phi) is 7.05. The van der Waals surface area contributed by atoms with Crippen LogP contribution in [-0.2, 0) is 4.79 Å². The molecular weight excluding hydrogens is 416 g/mol. The number of methoxy groups -OCH3 is 1. The summed E-state index contributed by atoms with van der Waals surface area (Å²) < 4.78 is 10.7. The first-order chi connectivity index (χ1) is 15.0. The second-order valence-electron chi connectivity index (χ2n) is 6.30. The molecule has 1 N–H and O–H groups in total. The maximum absolute atomic E-state index is 12.4. The number of hydrogen-bond acceptors (Lipinski definition) is 5. The van der Waals surface area contributed by atoms with E-state index in [-0.39, 0.29) is 17.1 Å². The molecule has 1 amide bonds. The van der Waals surface area contributed by atoms with Crippen LogP contribution in [0.4, 0.5) is 5.69 Å². The van der Waals surface area contributed by atoms with Crippen LogP contribution in [0.25, 0.3) is 6.08 Å². The third-order valence-electron chi connectivity index (χ3n) is 4.18. The topological polar surface area (TPSA) is 88.4 Å².